The van der Waals surface area contributed by atoms with Gasteiger partial charge in [-0.25, -0.2) is 4.79 Å². The Hall–Kier alpha value is -2.64. The molecular formula is C21H26BNO5. The monoisotopic (exact) mass is 383 g/mol. The Morgan fingerprint density at radius 3 is 2.04 bits per heavy atom. The van der Waals surface area contributed by atoms with E-state index in [1.807, 2.05) is 44.2 Å². The SMILES string of the molecule is COB(OC)c1ccc(C[C@@H](NC(=O)c2cc(C)cc(C)c2)C(=O)OC)cc1. The molecule has 0 spiro atoms. The Labute approximate surface area is 166 Å². The third-order valence-corrected chi connectivity index (χ3v) is 4.39. The summed E-state index contributed by atoms with van der Waals surface area (Å²) in [5.74, 6) is -0.800. The van der Waals surface area contributed by atoms with Crippen LogP contribution in [0.1, 0.15) is 27.0 Å². The van der Waals surface area contributed by atoms with Gasteiger partial charge in [-0.3, -0.25) is 4.79 Å². The molecule has 1 N–H and O–H groups in total. The average Bonchev–Trinajstić information content (AvgIpc) is 2.68. The van der Waals surface area contributed by atoms with Crippen LogP contribution in [-0.2, 0) is 25.3 Å². The summed E-state index contributed by atoms with van der Waals surface area (Å²) in [6, 6.07) is 12.3. The summed E-state index contributed by atoms with van der Waals surface area (Å²) in [5, 5.41) is 2.78. The molecule has 0 aliphatic rings. The van der Waals surface area contributed by atoms with Crippen molar-refractivity contribution in [2.75, 3.05) is 21.3 Å². The van der Waals surface area contributed by atoms with Crippen LogP contribution in [0.3, 0.4) is 0 Å². The van der Waals surface area contributed by atoms with E-state index in [1.54, 1.807) is 26.4 Å². The lowest BCUT2D eigenvalue weighted by atomic mass is 9.78. The van der Waals surface area contributed by atoms with E-state index in [9.17, 15) is 9.59 Å². The van der Waals surface area contributed by atoms with Gasteiger partial charge in [0.1, 0.15) is 6.04 Å². The quantitative estimate of drug-likeness (QED) is 0.556. The van der Waals surface area contributed by atoms with Crippen molar-refractivity contribution in [3.05, 3.63) is 64.7 Å². The summed E-state index contributed by atoms with van der Waals surface area (Å²) >= 11 is 0. The van der Waals surface area contributed by atoms with Crippen molar-refractivity contribution in [2.24, 2.45) is 0 Å². The molecule has 0 aliphatic heterocycles. The van der Waals surface area contributed by atoms with Crippen molar-refractivity contribution in [3.8, 4) is 0 Å². The number of benzene rings is 2. The summed E-state index contributed by atoms with van der Waals surface area (Å²) in [7, 11) is 3.99. The van der Waals surface area contributed by atoms with Crippen LogP contribution in [-0.4, -0.2) is 46.4 Å². The predicted octanol–water partition coefficient (Wildman–Crippen LogP) is 1.81. The zero-order chi connectivity index (χ0) is 20.7. The Balaban J connectivity index is 2.15. The molecule has 0 heterocycles. The molecule has 28 heavy (non-hydrogen) atoms. The van der Waals surface area contributed by atoms with Crippen LogP contribution >= 0.6 is 0 Å². The largest absolute Gasteiger partial charge is 0.493 e. The lowest BCUT2D eigenvalue weighted by Gasteiger charge is -2.17. The maximum Gasteiger partial charge on any atom is 0.493 e. The fourth-order valence-corrected chi connectivity index (χ4v) is 3.10. The normalized spacial score (nSPS) is 11.6. The first kappa shape index (κ1) is 21.7. The number of esters is 1. The first-order valence-electron chi connectivity index (χ1n) is 8.99. The number of rotatable bonds is 8. The summed E-state index contributed by atoms with van der Waals surface area (Å²) in [6.45, 7) is 3.85. The van der Waals surface area contributed by atoms with Gasteiger partial charge in [0.2, 0.25) is 0 Å². The number of aryl methyl sites for hydroxylation is 2. The maximum atomic E-state index is 12.6. The molecule has 7 heteroatoms. The average molecular weight is 383 g/mol. The van der Waals surface area contributed by atoms with Gasteiger partial charge in [0.05, 0.1) is 7.11 Å². The summed E-state index contributed by atoms with van der Waals surface area (Å²) in [5.41, 5.74) is 4.24. The van der Waals surface area contributed by atoms with Gasteiger partial charge < -0.3 is 19.4 Å². The molecule has 0 radical (unpaired) electrons. The summed E-state index contributed by atoms with van der Waals surface area (Å²) in [4.78, 5) is 24.8. The van der Waals surface area contributed by atoms with Gasteiger partial charge in [0, 0.05) is 26.2 Å². The van der Waals surface area contributed by atoms with Crippen LogP contribution in [0.2, 0.25) is 0 Å². The molecular weight excluding hydrogens is 357 g/mol. The highest BCUT2D eigenvalue weighted by Crippen LogP contribution is 2.11. The maximum absolute atomic E-state index is 12.6. The summed E-state index contributed by atoms with van der Waals surface area (Å²) < 4.78 is 15.3. The van der Waals surface area contributed by atoms with Crippen LogP contribution < -0.4 is 10.8 Å². The molecule has 0 unspecified atom stereocenters. The molecule has 0 aliphatic carbocycles. The molecule has 0 aromatic heterocycles. The van der Waals surface area contributed by atoms with Gasteiger partial charge in [-0.15, -0.1) is 0 Å². The van der Waals surface area contributed by atoms with Crippen molar-refractivity contribution < 1.29 is 23.6 Å². The number of methoxy groups -OCH3 is 1. The van der Waals surface area contributed by atoms with E-state index in [-0.39, 0.29) is 5.91 Å². The number of carbonyl (C=O) groups is 2. The third kappa shape index (κ3) is 5.68. The number of ether oxygens (including phenoxy) is 1. The number of carbonyl (C=O) groups excluding carboxylic acids is 2. The number of hydrogen-bond acceptors (Lipinski definition) is 5. The van der Waals surface area contributed by atoms with Gasteiger partial charge in [-0.2, -0.15) is 0 Å². The molecule has 0 fully saturated rings. The van der Waals surface area contributed by atoms with Gasteiger partial charge in [-0.1, -0.05) is 41.5 Å². The van der Waals surface area contributed by atoms with Crippen molar-refractivity contribution in [1.82, 2.24) is 5.32 Å². The fraction of sp³-hybridized carbons (Fsp3) is 0.333. The first-order valence-corrected chi connectivity index (χ1v) is 8.99. The lowest BCUT2D eigenvalue weighted by Crippen LogP contribution is -2.43. The topological polar surface area (TPSA) is 73.9 Å². The predicted molar refractivity (Wildman–Crippen MR) is 109 cm³/mol. The molecule has 148 valence electrons. The highest BCUT2D eigenvalue weighted by Gasteiger charge is 2.23. The van der Waals surface area contributed by atoms with E-state index in [2.05, 4.69) is 5.32 Å². The molecule has 0 bridgehead atoms. The molecule has 1 amide bonds. The van der Waals surface area contributed by atoms with Gasteiger partial charge >= 0.3 is 13.1 Å². The second-order valence-electron chi connectivity index (χ2n) is 6.67. The van der Waals surface area contributed by atoms with Crippen molar-refractivity contribution in [1.29, 1.82) is 0 Å². The van der Waals surface area contributed by atoms with E-state index in [0.29, 0.717) is 12.0 Å². The highest BCUT2D eigenvalue weighted by molar-refractivity contribution is 6.61. The molecule has 2 rings (SSSR count). The van der Waals surface area contributed by atoms with E-state index in [0.717, 1.165) is 22.2 Å². The minimum Gasteiger partial charge on any atom is -0.467 e. The molecule has 1 atom stereocenters. The third-order valence-electron chi connectivity index (χ3n) is 4.39. The number of nitrogens with one attached hydrogen (secondary N) is 1. The molecule has 2 aromatic carbocycles. The van der Waals surface area contributed by atoms with E-state index < -0.39 is 19.1 Å². The van der Waals surface area contributed by atoms with Crippen molar-refractivity contribution in [3.63, 3.8) is 0 Å². The van der Waals surface area contributed by atoms with Crippen LogP contribution in [0.5, 0.6) is 0 Å². The lowest BCUT2D eigenvalue weighted by molar-refractivity contribution is -0.142. The number of amides is 1. The Bertz CT molecular complexity index is 798. The standard InChI is InChI=1S/C21H26BNO5/c1-14-10-15(2)12-17(11-14)20(24)23-19(21(25)26-3)13-16-6-8-18(9-7-16)22(27-4)28-5/h6-12,19H,13H2,1-5H3,(H,23,24)/t19-/m1/s1. The highest BCUT2D eigenvalue weighted by atomic mass is 16.6. The molecule has 0 saturated heterocycles. The minimum atomic E-state index is -0.787. The minimum absolute atomic E-state index is 0.308. The van der Waals surface area contributed by atoms with E-state index in [4.69, 9.17) is 14.0 Å². The zero-order valence-corrected chi connectivity index (χ0v) is 16.9. The number of hydrogen-bond donors (Lipinski definition) is 1. The zero-order valence-electron chi connectivity index (χ0n) is 16.9. The van der Waals surface area contributed by atoms with E-state index in [1.165, 1.54) is 7.11 Å². The Kier molecular flexibility index (Phi) is 7.78. The second-order valence-corrected chi connectivity index (χ2v) is 6.67. The van der Waals surface area contributed by atoms with E-state index >= 15 is 0 Å². The van der Waals surface area contributed by atoms with Crippen molar-refractivity contribution >= 4 is 24.5 Å². The Morgan fingerprint density at radius 2 is 1.54 bits per heavy atom. The second kappa shape index (κ2) is 10.1. The summed E-state index contributed by atoms with van der Waals surface area (Å²) in [6.07, 6.45) is 0.314. The van der Waals surface area contributed by atoms with Crippen LogP contribution in [0.4, 0.5) is 0 Å². The van der Waals surface area contributed by atoms with Gasteiger partial charge in [0.15, 0.2) is 0 Å². The fourth-order valence-electron chi connectivity index (χ4n) is 3.10. The first-order chi connectivity index (χ1) is 13.4. The molecule has 2 aromatic rings. The van der Waals surface area contributed by atoms with Crippen LogP contribution in [0.15, 0.2) is 42.5 Å². The van der Waals surface area contributed by atoms with Gasteiger partial charge in [0.25, 0.3) is 5.91 Å². The van der Waals surface area contributed by atoms with Crippen molar-refractivity contribution in [2.45, 2.75) is 26.3 Å². The van der Waals surface area contributed by atoms with Crippen LogP contribution in [0, 0.1) is 13.8 Å². The van der Waals surface area contributed by atoms with Gasteiger partial charge in [-0.05, 0) is 37.0 Å². The molecule has 0 saturated carbocycles. The Morgan fingerprint density at radius 1 is 0.964 bits per heavy atom. The smallest absolute Gasteiger partial charge is 0.467 e. The van der Waals surface area contributed by atoms with Crippen LogP contribution in [0.25, 0.3) is 0 Å². The molecule has 6 nitrogen and oxygen atoms in total.